The Balaban J connectivity index is 2.21. The largest absolute Gasteiger partial charge is 0.294 e. The van der Waals surface area contributed by atoms with Gasteiger partial charge in [-0.3, -0.25) is 10.2 Å². The van der Waals surface area contributed by atoms with E-state index in [1.165, 1.54) is 4.31 Å². The minimum Gasteiger partial charge on any atom is -0.294 e. The van der Waals surface area contributed by atoms with Gasteiger partial charge in [0.15, 0.2) is 0 Å². The molecule has 1 aromatic carbocycles. The second-order valence-electron chi connectivity index (χ2n) is 5.02. The van der Waals surface area contributed by atoms with Crippen molar-refractivity contribution in [1.82, 2.24) is 9.73 Å². The number of nitrogens with two attached hydrogens (primary N) is 1. The van der Waals surface area contributed by atoms with Gasteiger partial charge in [-0.25, -0.2) is 14.3 Å². The van der Waals surface area contributed by atoms with Crippen molar-refractivity contribution in [2.45, 2.75) is 24.7 Å². The Morgan fingerprint density at radius 1 is 1.35 bits per heavy atom. The number of carbonyl (C=O) groups is 1. The molecule has 1 saturated heterocycles. The normalized spacial score (nSPS) is 20.6. The van der Waals surface area contributed by atoms with Crippen molar-refractivity contribution in [3.05, 3.63) is 29.8 Å². The molecule has 1 aliphatic rings. The Labute approximate surface area is 119 Å². The van der Waals surface area contributed by atoms with Gasteiger partial charge in [0.05, 0.1) is 10.8 Å². The van der Waals surface area contributed by atoms with Crippen LogP contribution in [0.4, 0.5) is 0 Å². The predicted octanol–water partition coefficient (Wildman–Crippen LogP) is 0.386. The third-order valence-corrected chi connectivity index (χ3v) is 5.44. The summed E-state index contributed by atoms with van der Waals surface area (Å²) < 4.78 is 26.4. The van der Waals surface area contributed by atoms with Crippen LogP contribution in [0.2, 0.25) is 0 Å². The van der Waals surface area contributed by atoms with E-state index in [0.29, 0.717) is 19.4 Å². The van der Waals surface area contributed by atoms with Gasteiger partial charge < -0.3 is 0 Å². The standard InChI is InChI=1S/C13H19N3O3S/c1-10-4-6-12(7-5-10)20(18,19)16-8-2-3-11(9-16)13(17)15-14/h4-7,11H,2-3,8-9,14H2,1H3,(H,15,17)/t11-/m1/s1. The second-order valence-corrected chi connectivity index (χ2v) is 6.96. The highest BCUT2D eigenvalue weighted by Gasteiger charge is 2.32. The molecule has 0 bridgehead atoms. The van der Waals surface area contributed by atoms with Crippen LogP contribution < -0.4 is 11.3 Å². The van der Waals surface area contributed by atoms with Gasteiger partial charge in [0.2, 0.25) is 15.9 Å². The fraction of sp³-hybridized carbons (Fsp3) is 0.462. The van der Waals surface area contributed by atoms with Crippen LogP contribution in [0, 0.1) is 12.8 Å². The van der Waals surface area contributed by atoms with E-state index in [-0.39, 0.29) is 23.3 Å². The van der Waals surface area contributed by atoms with E-state index < -0.39 is 10.0 Å². The number of piperidine rings is 1. The molecule has 0 aromatic heterocycles. The van der Waals surface area contributed by atoms with Crippen LogP contribution in [-0.4, -0.2) is 31.7 Å². The minimum atomic E-state index is -3.54. The second kappa shape index (κ2) is 5.90. The molecule has 0 spiro atoms. The number of sulfonamides is 1. The van der Waals surface area contributed by atoms with Crippen molar-refractivity contribution in [1.29, 1.82) is 0 Å². The summed E-state index contributed by atoms with van der Waals surface area (Å²) in [6.45, 7) is 2.52. The number of hydrazine groups is 1. The molecule has 1 fully saturated rings. The first-order valence-electron chi connectivity index (χ1n) is 6.52. The predicted molar refractivity (Wildman–Crippen MR) is 75.0 cm³/mol. The molecule has 20 heavy (non-hydrogen) atoms. The highest BCUT2D eigenvalue weighted by Crippen LogP contribution is 2.23. The summed E-state index contributed by atoms with van der Waals surface area (Å²) in [5.41, 5.74) is 3.10. The maximum Gasteiger partial charge on any atom is 0.243 e. The van der Waals surface area contributed by atoms with Gasteiger partial charge in [-0.2, -0.15) is 4.31 Å². The number of hydrogen-bond acceptors (Lipinski definition) is 4. The highest BCUT2D eigenvalue weighted by atomic mass is 32.2. The first-order chi connectivity index (χ1) is 9.45. The molecule has 0 saturated carbocycles. The number of amides is 1. The monoisotopic (exact) mass is 297 g/mol. The zero-order valence-electron chi connectivity index (χ0n) is 11.4. The van der Waals surface area contributed by atoms with Crippen molar-refractivity contribution in [2.24, 2.45) is 11.8 Å². The Kier molecular flexibility index (Phi) is 4.42. The molecule has 7 heteroatoms. The first-order valence-corrected chi connectivity index (χ1v) is 7.96. The number of carbonyl (C=O) groups excluding carboxylic acids is 1. The number of nitrogens with one attached hydrogen (secondary N) is 1. The molecule has 2 rings (SSSR count). The summed E-state index contributed by atoms with van der Waals surface area (Å²) in [6, 6.07) is 6.72. The van der Waals surface area contributed by atoms with Crippen LogP contribution in [0.15, 0.2) is 29.2 Å². The number of aryl methyl sites for hydroxylation is 1. The lowest BCUT2D eigenvalue weighted by molar-refractivity contribution is -0.126. The van der Waals surface area contributed by atoms with Crippen LogP contribution >= 0.6 is 0 Å². The fourth-order valence-corrected chi connectivity index (χ4v) is 3.88. The van der Waals surface area contributed by atoms with E-state index >= 15 is 0 Å². The molecule has 1 atom stereocenters. The van der Waals surface area contributed by atoms with Gasteiger partial charge in [0.25, 0.3) is 0 Å². The fourth-order valence-electron chi connectivity index (χ4n) is 2.35. The zero-order valence-corrected chi connectivity index (χ0v) is 12.2. The zero-order chi connectivity index (χ0) is 14.8. The summed E-state index contributed by atoms with van der Waals surface area (Å²) in [4.78, 5) is 11.8. The third-order valence-electron chi connectivity index (χ3n) is 3.56. The first kappa shape index (κ1) is 15.0. The molecule has 110 valence electrons. The maximum absolute atomic E-state index is 12.5. The van der Waals surface area contributed by atoms with Crippen LogP contribution in [0.25, 0.3) is 0 Å². The van der Waals surface area contributed by atoms with Gasteiger partial charge in [-0.1, -0.05) is 17.7 Å². The number of benzene rings is 1. The molecule has 0 aliphatic carbocycles. The van der Waals surface area contributed by atoms with E-state index in [4.69, 9.17) is 5.84 Å². The molecular weight excluding hydrogens is 278 g/mol. The van der Waals surface area contributed by atoms with Crippen LogP contribution in [0.5, 0.6) is 0 Å². The van der Waals surface area contributed by atoms with Crippen molar-refractivity contribution in [3.63, 3.8) is 0 Å². The van der Waals surface area contributed by atoms with Crippen LogP contribution in [0.1, 0.15) is 18.4 Å². The van der Waals surface area contributed by atoms with E-state index in [1.807, 2.05) is 6.92 Å². The van der Waals surface area contributed by atoms with Gasteiger partial charge in [0, 0.05) is 13.1 Å². The van der Waals surface area contributed by atoms with Crippen LogP contribution in [-0.2, 0) is 14.8 Å². The SMILES string of the molecule is Cc1ccc(S(=O)(=O)N2CCC[C@@H](C(=O)NN)C2)cc1. The summed E-state index contributed by atoms with van der Waals surface area (Å²) in [5, 5.41) is 0. The molecule has 6 nitrogen and oxygen atoms in total. The molecule has 1 aliphatic heterocycles. The van der Waals surface area contributed by atoms with E-state index in [2.05, 4.69) is 5.43 Å². The summed E-state index contributed by atoms with van der Waals surface area (Å²) in [7, 11) is -3.54. The van der Waals surface area contributed by atoms with Crippen molar-refractivity contribution >= 4 is 15.9 Å². The molecule has 1 amide bonds. The van der Waals surface area contributed by atoms with Crippen LogP contribution in [0.3, 0.4) is 0 Å². The molecule has 1 heterocycles. The molecular formula is C13H19N3O3S. The van der Waals surface area contributed by atoms with Gasteiger partial charge in [-0.15, -0.1) is 0 Å². The minimum absolute atomic E-state index is 0.180. The van der Waals surface area contributed by atoms with Gasteiger partial charge >= 0.3 is 0 Å². The topological polar surface area (TPSA) is 92.5 Å². The summed E-state index contributed by atoms with van der Waals surface area (Å²) >= 11 is 0. The lowest BCUT2D eigenvalue weighted by Crippen LogP contribution is -2.46. The highest BCUT2D eigenvalue weighted by molar-refractivity contribution is 7.89. The van der Waals surface area contributed by atoms with E-state index in [1.54, 1.807) is 24.3 Å². The average molecular weight is 297 g/mol. The molecule has 3 N–H and O–H groups in total. The van der Waals surface area contributed by atoms with E-state index in [9.17, 15) is 13.2 Å². The Morgan fingerprint density at radius 2 is 2.00 bits per heavy atom. The molecule has 0 radical (unpaired) electrons. The summed E-state index contributed by atoms with van der Waals surface area (Å²) in [5.74, 6) is 4.43. The number of hydrogen-bond donors (Lipinski definition) is 2. The Morgan fingerprint density at radius 3 is 2.60 bits per heavy atom. The maximum atomic E-state index is 12.5. The van der Waals surface area contributed by atoms with Crippen molar-refractivity contribution in [2.75, 3.05) is 13.1 Å². The smallest absolute Gasteiger partial charge is 0.243 e. The van der Waals surface area contributed by atoms with Gasteiger partial charge in [0.1, 0.15) is 0 Å². The molecule has 0 unspecified atom stereocenters. The third kappa shape index (κ3) is 3.00. The number of rotatable bonds is 3. The van der Waals surface area contributed by atoms with E-state index in [0.717, 1.165) is 5.56 Å². The quantitative estimate of drug-likeness (QED) is 0.479. The lowest BCUT2D eigenvalue weighted by atomic mass is 9.99. The van der Waals surface area contributed by atoms with Gasteiger partial charge in [-0.05, 0) is 31.9 Å². The van der Waals surface area contributed by atoms with Crippen molar-refractivity contribution in [3.8, 4) is 0 Å². The average Bonchev–Trinajstić information content (AvgIpc) is 2.47. The molecule has 1 aromatic rings. The number of nitrogens with zero attached hydrogens (tertiary/aromatic N) is 1. The Bertz CT molecular complexity index is 583. The van der Waals surface area contributed by atoms with Crippen molar-refractivity contribution < 1.29 is 13.2 Å². The lowest BCUT2D eigenvalue weighted by Gasteiger charge is -2.30. The summed E-state index contributed by atoms with van der Waals surface area (Å²) in [6.07, 6.45) is 1.31. The Hall–Kier alpha value is -1.44.